The molecule has 10 heteroatoms. The van der Waals surface area contributed by atoms with Crippen LogP contribution in [0.25, 0.3) is 20.3 Å². The maximum absolute atomic E-state index is 12.9. The van der Waals surface area contributed by atoms with Crippen LogP contribution in [0.3, 0.4) is 0 Å². The van der Waals surface area contributed by atoms with Crippen molar-refractivity contribution < 1.29 is 19.2 Å². The van der Waals surface area contributed by atoms with E-state index in [0.717, 1.165) is 21.3 Å². The van der Waals surface area contributed by atoms with Gasteiger partial charge < -0.3 is 14.0 Å². The first kappa shape index (κ1) is 18.8. The molecular weight excluding hydrogens is 426 g/mol. The number of thiazole rings is 1. The van der Waals surface area contributed by atoms with Crippen LogP contribution in [0, 0.1) is 10.1 Å². The van der Waals surface area contributed by atoms with E-state index in [1.54, 1.807) is 12.1 Å². The summed E-state index contributed by atoms with van der Waals surface area (Å²) in [5.74, 6) is 1.01. The summed E-state index contributed by atoms with van der Waals surface area (Å²) in [6, 6.07) is 10.1. The number of aromatic nitrogens is 1. The molecule has 0 N–H and O–H groups in total. The van der Waals surface area contributed by atoms with Gasteiger partial charge in [-0.05, 0) is 18.6 Å². The summed E-state index contributed by atoms with van der Waals surface area (Å²) in [6.07, 6.45) is 0.883. The van der Waals surface area contributed by atoms with Gasteiger partial charge >= 0.3 is 0 Å². The van der Waals surface area contributed by atoms with E-state index in [0.29, 0.717) is 33.1 Å². The number of nitro groups is 1. The summed E-state index contributed by atoms with van der Waals surface area (Å²) < 4.78 is 14.7. The number of hydrogen-bond acceptors (Lipinski definition) is 7. The number of benzene rings is 2. The fourth-order valence-electron chi connectivity index (χ4n) is 3.38. The number of ether oxygens (including phenoxy) is 2. The van der Waals surface area contributed by atoms with Crippen LogP contribution in [0.2, 0.25) is 0 Å². The number of amides is 1. The quantitative estimate of drug-likeness (QED) is 0.338. The van der Waals surface area contributed by atoms with Gasteiger partial charge in [-0.15, -0.1) is 11.3 Å². The first-order valence-corrected chi connectivity index (χ1v) is 10.9. The molecule has 0 spiro atoms. The molecule has 0 radical (unpaired) electrons. The maximum atomic E-state index is 12.9. The van der Waals surface area contributed by atoms with Crippen molar-refractivity contribution in [3.63, 3.8) is 0 Å². The summed E-state index contributed by atoms with van der Waals surface area (Å²) in [7, 11) is 0. The molecule has 0 fully saturated rings. The zero-order valence-electron chi connectivity index (χ0n) is 15.8. The molecule has 0 saturated heterocycles. The minimum atomic E-state index is -0.446. The van der Waals surface area contributed by atoms with E-state index >= 15 is 0 Å². The Labute approximate surface area is 177 Å². The second kappa shape index (κ2) is 7.22. The van der Waals surface area contributed by atoms with Gasteiger partial charge in [0.1, 0.15) is 0 Å². The third-order valence-corrected chi connectivity index (χ3v) is 6.89. The van der Waals surface area contributed by atoms with Crippen molar-refractivity contribution in [1.29, 1.82) is 0 Å². The number of aryl methyl sites for hydroxylation is 1. The highest BCUT2D eigenvalue weighted by molar-refractivity contribution is 7.21. The number of nitro benzene ring substituents is 1. The van der Waals surface area contributed by atoms with Crippen LogP contribution in [-0.4, -0.2) is 22.2 Å². The zero-order chi connectivity index (χ0) is 20.8. The van der Waals surface area contributed by atoms with Crippen LogP contribution in [0.1, 0.15) is 23.0 Å². The first-order chi connectivity index (χ1) is 14.5. The number of nitrogens with zero attached hydrogens (tertiary/aromatic N) is 3. The first-order valence-electron chi connectivity index (χ1n) is 9.23. The lowest BCUT2D eigenvalue weighted by molar-refractivity contribution is -0.384. The summed E-state index contributed by atoms with van der Waals surface area (Å²) in [5.41, 5.74) is 0.948. The number of non-ortho nitro benzene ring substituents is 1. The Balaban J connectivity index is 1.59. The second-order valence-electron chi connectivity index (χ2n) is 6.72. The molecule has 1 aliphatic rings. The average Bonchev–Trinajstić information content (AvgIpc) is 3.43. The Hall–Kier alpha value is -3.24. The summed E-state index contributed by atoms with van der Waals surface area (Å²) in [4.78, 5) is 28.9. The molecule has 4 aromatic rings. The maximum Gasteiger partial charge on any atom is 0.289 e. The van der Waals surface area contributed by atoms with E-state index in [1.807, 2.05) is 16.7 Å². The molecule has 152 valence electrons. The average molecular weight is 441 g/mol. The molecule has 3 heterocycles. The van der Waals surface area contributed by atoms with Crippen LogP contribution in [0.15, 0.2) is 41.4 Å². The SMILES string of the molecule is CCCn1c(=NC(=O)c2cc3cc([N+](=O)[O-])ccc3s2)sc2cc3c(cc21)OCO3. The van der Waals surface area contributed by atoms with Crippen molar-refractivity contribution in [2.24, 2.45) is 4.99 Å². The van der Waals surface area contributed by atoms with Gasteiger partial charge in [-0.1, -0.05) is 18.3 Å². The third-order valence-electron chi connectivity index (χ3n) is 4.74. The Kier molecular flexibility index (Phi) is 4.52. The number of carbonyl (C=O) groups is 1. The van der Waals surface area contributed by atoms with E-state index in [1.165, 1.54) is 34.8 Å². The van der Waals surface area contributed by atoms with Crippen LogP contribution in [0.4, 0.5) is 5.69 Å². The molecule has 0 bridgehead atoms. The van der Waals surface area contributed by atoms with Crippen molar-refractivity contribution in [1.82, 2.24) is 4.57 Å². The molecule has 8 nitrogen and oxygen atoms in total. The number of hydrogen-bond donors (Lipinski definition) is 0. The summed E-state index contributed by atoms with van der Waals surface area (Å²) in [5, 5.41) is 11.7. The molecule has 0 aliphatic carbocycles. The largest absolute Gasteiger partial charge is 0.454 e. The van der Waals surface area contributed by atoms with Crippen LogP contribution in [0.5, 0.6) is 11.5 Å². The van der Waals surface area contributed by atoms with E-state index in [-0.39, 0.29) is 18.4 Å². The van der Waals surface area contributed by atoms with Crippen molar-refractivity contribution >= 4 is 54.6 Å². The Bertz CT molecular complexity index is 1400. The van der Waals surface area contributed by atoms with Gasteiger partial charge in [0.15, 0.2) is 16.3 Å². The molecule has 5 rings (SSSR count). The topological polar surface area (TPSA) is 96.0 Å². The Morgan fingerprint density at radius 2 is 1.97 bits per heavy atom. The van der Waals surface area contributed by atoms with Gasteiger partial charge in [-0.25, -0.2) is 0 Å². The molecule has 0 unspecified atom stereocenters. The van der Waals surface area contributed by atoms with E-state index < -0.39 is 4.92 Å². The fraction of sp³-hybridized carbons (Fsp3) is 0.200. The Morgan fingerprint density at radius 1 is 1.17 bits per heavy atom. The zero-order valence-corrected chi connectivity index (χ0v) is 17.4. The van der Waals surface area contributed by atoms with Gasteiger partial charge in [0.2, 0.25) is 6.79 Å². The monoisotopic (exact) mass is 441 g/mol. The molecule has 2 aromatic heterocycles. The Morgan fingerprint density at radius 3 is 2.73 bits per heavy atom. The number of fused-ring (bicyclic) bond motifs is 3. The third kappa shape index (κ3) is 3.14. The molecule has 1 aliphatic heterocycles. The lowest BCUT2D eigenvalue weighted by Gasteiger charge is -2.03. The second-order valence-corrected chi connectivity index (χ2v) is 8.81. The lowest BCUT2D eigenvalue weighted by Crippen LogP contribution is -2.16. The molecule has 1 amide bonds. The highest BCUT2D eigenvalue weighted by Gasteiger charge is 2.18. The van der Waals surface area contributed by atoms with E-state index in [2.05, 4.69) is 11.9 Å². The van der Waals surface area contributed by atoms with Gasteiger partial charge in [0.05, 0.1) is 20.0 Å². The molecule has 0 atom stereocenters. The van der Waals surface area contributed by atoms with Crippen molar-refractivity contribution in [3.05, 3.63) is 56.2 Å². The highest BCUT2D eigenvalue weighted by atomic mass is 32.1. The minimum Gasteiger partial charge on any atom is -0.454 e. The minimum absolute atomic E-state index is 0.000909. The van der Waals surface area contributed by atoms with Crippen LogP contribution in [-0.2, 0) is 6.54 Å². The van der Waals surface area contributed by atoms with Crippen molar-refractivity contribution in [2.75, 3.05) is 6.79 Å². The van der Waals surface area contributed by atoms with Crippen LogP contribution >= 0.6 is 22.7 Å². The van der Waals surface area contributed by atoms with Crippen LogP contribution < -0.4 is 14.3 Å². The van der Waals surface area contributed by atoms with Gasteiger partial charge in [-0.3, -0.25) is 14.9 Å². The molecule has 0 saturated carbocycles. The van der Waals surface area contributed by atoms with Gasteiger partial charge in [-0.2, -0.15) is 4.99 Å². The summed E-state index contributed by atoms with van der Waals surface area (Å²) >= 11 is 2.70. The summed E-state index contributed by atoms with van der Waals surface area (Å²) in [6.45, 7) is 2.98. The standard InChI is InChI=1S/C20H15N3O5S2/c1-2-5-22-13-8-14-15(28-10-27-14)9-17(13)30-20(22)21-19(24)18-7-11-6-12(23(25)26)3-4-16(11)29-18/h3-4,6-9H,2,5,10H2,1H3. The molecule has 30 heavy (non-hydrogen) atoms. The fourth-order valence-corrected chi connectivity index (χ4v) is 5.37. The molecular formula is C20H15N3O5S2. The predicted molar refractivity (Wildman–Crippen MR) is 115 cm³/mol. The van der Waals surface area contributed by atoms with Gasteiger partial charge in [0.25, 0.3) is 11.6 Å². The predicted octanol–water partition coefficient (Wildman–Crippen LogP) is 4.71. The highest BCUT2D eigenvalue weighted by Crippen LogP contribution is 2.37. The molecule has 2 aromatic carbocycles. The normalized spacial score (nSPS) is 13.4. The van der Waals surface area contributed by atoms with Crippen molar-refractivity contribution in [3.8, 4) is 11.5 Å². The van der Waals surface area contributed by atoms with Crippen molar-refractivity contribution in [2.45, 2.75) is 19.9 Å². The van der Waals surface area contributed by atoms with E-state index in [9.17, 15) is 14.9 Å². The number of carbonyl (C=O) groups excluding carboxylic acids is 1. The lowest BCUT2D eigenvalue weighted by atomic mass is 10.2. The smallest absolute Gasteiger partial charge is 0.289 e. The number of thiophene rings is 1. The van der Waals surface area contributed by atoms with E-state index in [4.69, 9.17) is 9.47 Å². The number of rotatable bonds is 4. The van der Waals surface area contributed by atoms with Gasteiger partial charge in [0, 0.05) is 40.9 Å².